The third kappa shape index (κ3) is 4.15. The van der Waals surface area contributed by atoms with Crippen LogP contribution in [0, 0.1) is 12.8 Å². The molecule has 1 aliphatic heterocycles. The molecule has 160 valence electrons. The molecule has 1 saturated heterocycles. The summed E-state index contributed by atoms with van der Waals surface area (Å²) in [4.78, 5) is 32.2. The van der Waals surface area contributed by atoms with Crippen molar-refractivity contribution in [2.24, 2.45) is 5.92 Å². The van der Waals surface area contributed by atoms with Gasteiger partial charge in [-0.2, -0.15) is 0 Å². The Balaban J connectivity index is 1.36. The van der Waals surface area contributed by atoms with Crippen LogP contribution in [0.1, 0.15) is 63.3 Å². The molecule has 4 rings (SSSR count). The number of rotatable bonds is 4. The number of carbonyl (C=O) groups is 2. The number of thiazole rings is 1. The molecular formula is C24H31N3O2S. The Morgan fingerprint density at radius 1 is 1.13 bits per heavy atom. The van der Waals surface area contributed by atoms with E-state index < -0.39 is 0 Å². The molecule has 2 aliphatic rings. The van der Waals surface area contributed by atoms with Crippen molar-refractivity contribution >= 4 is 28.3 Å². The summed E-state index contributed by atoms with van der Waals surface area (Å²) in [6, 6.07) is 8.61. The van der Waals surface area contributed by atoms with Gasteiger partial charge in [0.25, 0.3) is 0 Å². The molecule has 1 aromatic heterocycles. The maximum Gasteiger partial charge on any atom is 0.233 e. The maximum absolute atomic E-state index is 13.4. The number of nitrogens with zero attached hydrogens (tertiary/aromatic N) is 2. The molecule has 2 fully saturated rings. The zero-order valence-corrected chi connectivity index (χ0v) is 19.1. The first-order chi connectivity index (χ1) is 14.2. The zero-order chi connectivity index (χ0) is 21.5. The van der Waals surface area contributed by atoms with Crippen LogP contribution in [0.4, 0.5) is 5.13 Å². The van der Waals surface area contributed by atoms with Crippen LogP contribution >= 0.6 is 11.3 Å². The fourth-order valence-electron chi connectivity index (χ4n) is 4.31. The van der Waals surface area contributed by atoms with Gasteiger partial charge in [0.05, 0.1) is 11.1 Å². The SMILES string of the molecule is Cc1csc(NC(=O)C2CCN(C(=O)C3(c4ccc(C(C)(C)C)cc4)CC3)CC2)n1. The number of nitrogens with one attached hydrogen (secondary N) is 1. The summed E-state index contributed by atoms with van der Waals surface area (Å²) in [7, 11) is 0. The smallest absolute Gasteiger partial charge is 0.233 e. The predicted octanol–water partition coefficient (Wildman–Crippen LogP) is 4.66. The van der Waals surface area contributed by atoms with Gasteiger partial charge in [0.2, 0.25) is 11.8 Å². The number of hydrogen-bond donors (Lipinski definition) is 1. The van der Waals surface area contributed by atoms with Crippen molar-refractivity contribution in [2.75, 3.05) is 18.4 Å². The lowest BCUT2D eigenvalue weighted by atomic mass is 9.84. The van der Waals surface area contributed by atoms with Crippen molar-refractivity contribution in [3.63, 3.8) is 0 Å². The van der Waals surface area contributed by atoms with E-state index in [0.29, 0.717) is 31.1 Å². The summed E-state index contributed by atoms with van der Waals surface area (Å²) in [6.07, 6.45) is 3.26. The summed E-state index contributed by atoms with van der Waals surface area (Å²) >= 11 is 1.45. The fourth-order valence-corrected chi connectivity index (χ4v) is 5.00. The van der Waals surface area contributed by atoms with Crippen LogP contribution in [0.2, 0.25) is 0 Å². The Kier molecular flexibility index (Phi) is 5.47. The average Bonchev–Trinajstić information content (AvgIpc) is 3.44. The number of likely N-dealkylation sites (tertiary alicyclic amines) is 1. The summed E-state index contributed by atoms with van der Waals surface area (Å²) in [6.45, 7) is 9.83. The molecule has 0 radical (unpaired) electrons. The average molecular weight is 426 g/mol. The monoisotopic (exact) mass is 425 g/mol. The van der Waals surface area contributed by atoms with E-state index in [4.69, 9.17) is 0 Å². The van der Waals surface area contributed by atoms with Gasteiger partial charge in [-0.15, -0.1) is 11.3 Å². The Hall–Kier alpha value is -2.21. The third-order valence-electron chi connectivity index (χ3n) is 6.46. The molecular weight excluding hydrogens is 394 g/mol. The summed E-state index contributed by atoms with van der Waals surface area (Å²) in [5, 5.41) is 5.52. The molecule has 1 saturated carbocycles. The third-order valence-corrected chi connectivity index (χ3v) is 7.34. The lowest BCUT2D eigenvalue weighted by Crippen LogP contribution is -2.45. The Morgan fingerprint density at radius 2 is 1.77 bits per heavy atom. The molecule has 0 bridgehead atoms. The highest BCUT2D eigenvalue weighted by Gasteiger charge is 2.53. The first kappa shape index (κ1) is 21.0. The van der Waals surface area contributed by atoms with Crippen molar-refractivity contribution in [3.05, 3.63) is 46.5 Å². The van der Waals surface area contributed by atoms with Gasteiger partial charge in [0.15, 0.2) is 5.13 Å². The van der Waals surface area contributed by atoms with E-state index in [-0.39, 0.29) is 28.6 Å². The second-order valence-electron chi connectivity index (χ2n) is 9.76. The van der Waals surface area contributed by atoms with Gasteiger partial charge in [0, 0.05) is 24.4 Å². The highest BCUT2D eigenvalue weighted by Crippen LogP contribution is 2.50. The maximum atomic E-state index is 13.4. The number of piperidine rings is 1. The number of anilines is 1. The first-order valence-corrected chi connectivity index (χ1v) is 11.7. The van der Waals surface area contributed by atoms with Gasteiger partial charge in [-0.05, 0) is 49.1 Å². The Bertz CT molecular complexity index is 930. The van der Waals surface area contributed by atoms with E-state index >= 15 is 0 Å². The molecule has 30 heavy (non-hydrogen) atoms. The number of hydrogen-bond acceptors (Lipinski definition) is 4. The first-order valence-electron chi connectivity index (χ1n) is 10.8. The topological polar surface area (TPSA) is 62.3 Å². The second kappa shape index (κ2) is 7.80. The lowest BCUT2D eigenvalue weighted by molar-refractivity contribution is -0.137. The summed E-state index contributed by atoms with van der Waals surface area (Å²) in [5.74, 6) is 0.204. The molecule has 2 amide bonds. The van der Waals surface area contributed by atoms with Gasteiger partial charge in [-0.25, -0.2) is 4.98 Å². The minimum Gasteiger partial charge on any atom is -0.342 e. The van der Waals surface area contributed by atoms with E-state index in [9.17, 15) is 9.59 Å². The minimum absolute atomic E-state index is 0.0235. The van der Waals surface area contributed by atoms with Crippen LogP contribution in [0.5, 0.6) is 0 Å². The number of benzene rings is 1. The van der Waals surface area contributed by atoms with Gasteiger partial charge < -0.3 is 10.2 Å². The van der Waals surface area contributed by atoms with Crippen molar-refractivity contribution < 1.29 is 9.59 Å². The molecule has 0 spiro atoms. The molecule has 6 heteroatoms. The number of aromatic nitrogens is 1. The summed E-state index contributed by atoms with van der Waals surface area (Å²) < 4.78 is 0. The van der Waals surface area contributed by atoms with Crippen LogP contribution in [-0.4, -0.2) is 34.8 Å². The van der Waals surface area contributed by atoms with Gasteiger partial charge in [-0.1, -0.05) is 45.0 Å². The zero-order valence-electron chi connectivity index (χ0n) is 18.3. The quantitative estimate of drug-likeness (QED) is 0.775. The molecule has 0 atom stereocenters. The van der Waals surface area contributed by atoms with Crippen LogP contribution in [0.3, 0.4) is 0 Å². The van der Waals surface area contributed by atoms with E-state index in [1.165, 1.54) is 16.9 Å². The van der Waals surface area contributed by atoms with Gasteiger partial charge >= 0.3 is 0 Å². The molecule has 1 aliphatic carbocycles. The molecule has 1 aromatic carbocycles. The van der Waals surface area contributed by atoms with E-state index in [0.717, 1.165) is 24.1 Å². The summed E-state index contributed by atoms with van der Waals surface area (Å²) in [5.41, 5.74) is 3.11. The van der Waals surface area contributed by atoms with Crippen LogP contribution < -0.4 is 5.32 Å². The largest absolute Gasteiger partial charge is 0.342 e. The number of amides is 2. The second-order valence-corrected chi connectivity index (χ2v) is 10.6. The van der Waals surface area contributed by atoms with E-state index in [1.54, 1.807) is 0 Å². The van der Waals surface area contributed by atoms with Crippen molar-refractivity contribution in [2.45, 2.75) is 64.2 Å². The Labute approximate surface area is 182 Å². The normalized spacial score (nSPS) is 18.9. The van der Waals surface area contributed by atoms with E-state index in [2.05, 4.69) is 55.3 Å². The van der Waals surface area contributed by atoms with Crippen molar-refractivity contribution in [1.82, 2.24) is 9.88 Å². The fraction of sp³-hybridized carbons (Fsp3) is 0.542. The highest BCUT2D eigenvalue weighted by molar-refractivity contribution is 7.13. The lowest BCUT2D eigenvalue weighted by Gasteiger charge is -2.34. The number of carbonyl (C=O) groups excluding carboxylic acids is 2. The molecule has 5 nitrogen and oxygen atoms in total. The van der Waals surface area contributed by atoms with Crippen LogP contribution in [0.25, 0.3) is 0 Å². The standard InChI is InChI=1S/C24H31N3O2S/c1-16-15-30-22(25-16)26-20(28)17-9-13-27(14-10-17)21(29)24(11-12-24)19-7-5-18(6-8-19)23(2,3)4/h5-8,15,17H,9-14H2,1-4H3,(H,25,26,28). The molecule has 1 N–H and O–H groups in total. The van der Waals surface area contributed by atoms with Crippen molar-refractivity contribution in [1.29, 1.82) is 0 Å². The molecule has 2 heterocycles. The molecule has 2 aromatic rings. The Morgan fingerprint density at radius 3 is 2.27 bits per heavy atom. The van der Waals surface area contributed by atoms with Crippen LogP contribution in [-0.2, 0) is 20.4 Å². The minimum atomic E-state index is -0.343. The number of aryl methyl sites for hydroxylation is 1. The predicted molar refractivity (Wildman–Crippen MR) is 121 cm³/mol. The van der Waals surface area contributed by atoms with Crippen molar-refractivity contribution in [3.8, 4) is 0 Å². The van der Waals surface area contributed by atoms with Crippen LogP contribution in [0.15, 0.2) is 29.6 Å². The van der Waals surface area contributed by atoms with Gasteiger partial charge in [0.1, 0.15) is 0 Å². The molecule has 0 unspecified atom stereocenters. The van der Waals surface area contributed by atoms with E-state index in [1.807, 2.05) is 17.2 Å². The van der Waals surface area contributed by atoms with Gasteiger partial charge in [-0.3, -0.25) is 9.59 Å². The highest BCUT2D eigenvalue weighted by atomic mass is 32.1.